The van der Waals surface area contributed by atoms with Crippen LogP contribution in [0.1, 0.15) is 38.2 Å². The molecular weight excluding hydrogens is 210 g/mol. The van der Waals surface area contributed by atoms with Crippen LogP contribution < -0.4 is 5.32 Å². The Morgan fingerprint density at radius 1 is 1.18 bits per heavy atom. The molecule has 0 aromatic heterocycles. The zero-order valence-electron chi connectivity index (χ0n) is 11.0. The van der Waals surface area contributed by atoms with Gasteiger partial charge >= 0.3 is 0 Å². The highest BCUT2D eigenvalue weighted by Gasteiger charge is 2.20. The van der Waals surface area contributed by atoms with E-state index in [0.717, 1.165) is 25.9 Å². The SMILES string of the molecule is CCNCCC(CO)C(CC)c1ccccc1. The largest absolute Gasteiger partial charge is 0.396 e. The molecule has 0 amide bonds. The van der Waals surface area contributed by atoms with Gasteiger partial charge in [-0.2, -0.15) is 0 Å². The van der Waals surface area contributed by atoms with E-state index in [1.807, 2.05) is 6.07 Å². The van der Waals surface area contributed by atoms with Crippen LogP contribution in [0.4, 0.5) is 0 Å². The van der Waals surface area contributed by atoms with E-state index < -0.39 is 0 Å². The second kappa shape index (κ2) is 8.26. The van der Waals surface area contributed by atoms with Crippen molar-refractivity contribution in [1.29, 1.82) is 0 Å². The molecule has 0 radical (unpaired) electrons. The number of nitrogens with one attached hydrogen (secondary N) is 1. The molecule has 0 aliphatic carbocycles. The Labute approximate surface area is 105 Å². The van der Waals surface area contributed by atoms with Crippen LogP contribution in [0.5, 0.6) is 0 Å². The predicted octanol–water partition coefficient (Wildman–Crippen LogP) is 2.79. The lowest BCUT2D eigenvalue weighted by atomic mass is 9.82. The molecule has 0 heterocycles. The average molecular weight is 235 g/mol. The molecule has 0 saturated carbocycles. The van der Waals surface area contributed by atoms with Gasteiger partial charge in [0.05, 0.1) is 0 Å². The highest BCUT2D eigenvalue weighted by molar-refractivity contribution is 5.20. The Balaban J connectivity index is 2.63. The third-order valence-corrected chi connectivity index (χ3v) is 3.41. The van der Waals surface area contributed by atoms with Gasteiger partial charge in [0.1, 0.15) is 0 Å². The van der Waals surface area contributed by atoms with Gasteiger partial charge < -0.3 is 10.4 Å². The molecule has 0 aliphatic heterocycles. The van der Waals surface area contributed by atoms with E-state index >= 15 is 0 Å². The van der Waals surface area contributed by atoms with Crippen LogP contribution in [-0.2, 0) is 0 Å². The van der Waals surface area contributed by atoms with Gasteiger partial charge in [0.25, 0.3) is 0 Å². The van der Waals surface area contributed by atoms with Crippen LogP contribution >= 0.6 is 0 Å². The van der Waals surface area contributed by atoms with Crippen LogP contribution in [0.25, 0.3) is 0 Å². The average Bonchev–Trinajstić information content (AvgIpc) is 2.39. The maximum absolute atomic E-state index is 9.56. The molecule has 0 aliphatic rings. The summed E-state index contributed by atoms with van der Waals surface area (Å²) < 4.78 is 0. The standard InChI is InChI=1S/C15H25NO/c1-3-15(13-8-6-5-7-9-13)14(12-17)10-11-16-4-2/h5-9,14-17H,3-4,10-12H2,1-2H3. The molecule has 1 aromatic carbocycles. The molecule has 1 aromatic rings. The highest BCUT2D eigenvalue weighted by atomic mass is 16.3. The van der Waals surface area contributed by atoms with E-state index in [-0.39, 0.29) is 6.61 Å². The Morgan fingerprint density at radius 2 is 1.88 bits per heavy atom. The van der Waals surface area contributed by atoms with Gasteiger partial charge in [-0.25, -0.2) is 0 Å². The summed E-state index contributed by atoms with van der Waals surface area (Å²) in [5.74, 6) is 0.835. The molecule has 0 bridgehead atoms. The predicted molar refractivity (Wildman–Crippen MR) is 73.2 cm³/mol. The third kappa shape index (κ3) is 4.49. The Bertz CT molecular complexity index is 286. The summed E-state index contributed by atoms with van der Waals surface area (Å²) in [6.45, 7) is 6.58. The van der Waals surface area contributed by atoms with Crippen molar-refractivity contribution in [2.45, 2.75) is 32.6 Å². The summed E-state index contributed by atoms with van der Waals surface area (Å²) in [5, 5.41) is 12.9. The number of benzene rings is 1. The fraction of sp³-hybridized carbons (Fsp3) is 0.600. The molecule has 2 atom stereocenters. The highest BCUT2D eigenvalue weighted by Crippen LogP contribution is 2.29. The minimum atomic E-state index is 0.277. The Hall–Kier alpha value is -0.860. The maximum atomic E-state index is 9.56. The molecule has 2 nitrogen and oxygen atoms in total. The van der Waals surface area contributed by atoms with E-state index in [1.54, 1.807) is 0 Å². The number of hydrogen-bond donors (Lipinski definition) is 2. The molecule has 17 heavy (non-hydrogen) atoms. The summed E-state index contributed by atoms with van der Waals surface area (Å²) in [4.78, 5) is 0. The first-order chi connectivity index (χ1) is 8.33. The first kappa shape index (κ1) is 14.2. The molecule has 0 fully saturated rings. The first-order valence-corrected chi connectivity index (χ1v) is 6.69. The lowest BCUT2D eigenvalue weighted by Crippen LogP contribution is -2.23. The van der Waals surface area contributed by atoms with E-state index in [1.165, 1.54) is 5.56 Å². The normalized spacial score (nSPS) is 14.5. The maximum Gasteiger partial charge on any atom is 0.0465 e. The van der Waals surface area contributed by atoms with Crippen molar-refractivity contribution in [3.05, 3.63) is 35.9 Å². The van der Waals surface area contributed by atoms with Crippen LogP contribution in [0.3, 0.4) is 0 Å². The van der Waals surface area contributed by atoms with Crippen molar-refractivity contribution >= 4 is 0 Å². The summed E-state index contributed by atoms with van der Waals surface area (Å²) in [6, 6.07) is 10.5. The summed E-state index contributed by atoms with van der Waals surface area (Å²) in [5.41, 5.74) is 1.35. The van der Waals surface area contributed by atoms with Crippen molar-refractivity contribution in [2.75, 3.05) is 19.7 Å². The lowest BCUT2D eigenvalue weighted by molar-refractivity contribution is 0.192. The van der Waals surface area contributed by atoms with Crippen LogP contribution in [0, 0.1) is 5.92 Å². The number of aliphatic hydroxyl groups is 1. The minimum Gasteiger partial charge on any atom is -0.396 e. The topological polar surface area (TPSA) is 32.3 Å². The van der Waals surface area contributed by atoms with E-state index in [4.69, 9.17) is 0 Å². The van der Waals surface area contributed by atoms with Crippen LogP contribution in [0.2, 0.25) is 0 Å². The minimum absolute atomic E-state index is 0.277. The Morgan fingerprint density at radius 3 is 2.41 bits per heavy atom. The second-order valence-corrected chi connectivity index (χ2v) is 4.51. The summed E-state index contributed by atoms with van der Waals surface area (Å²) >= 11 is 0. The third-order valence-electron chi connectivity index (χ3n) is 3.41. The summed E-state index contributed by atoms with van der Waals surface area (Å²) in [7, 11) is 0. The summed E-state index contributed by atoms with van der Waals surface area (Å²) in [6.07, 6.45) is 2.12. The first-order valence-electron chi connectivity index (χ1n) is 6.69. The van der Waals surface area contributed by atoms with Crippen molar-refractivity contribution in [1.82, 2.24) is 5.32 Å². The molecule has 0 spiro atoms. The van der Waals surface area contributed by atoms with Gasteiger partial charge in [-0.3, -0.25) is 0 Å². The van der Waals surface area contributed by atoms with Gasteiger partial charge in [0.15, 0.2) is 0 Å². The van der Waals surface area contributed by atoms with Crippen molar-refractivity contribution in [3.8, 4) is 0 Å². The zero-order chi connectivity index (χ0) is 12.5. The van der Waals surface area contributed by atoms with E-state index in [0.29, 0.717) is 11.8 Å². The van der Waals surface area contributed by atoms with Crippen molar-refractivity contribution in [2.24, 2.45) is 5.92 Å². The number of hydrogen-bond acceptors (Lipinski definition) is 2. The number of aliphatic hydroxyl groups excluding tert-OH is 1. The van der Waals surface area contributed by atoms with Gasteiger partial charge in [-0.1, -0.05) is 44.2 Å². The van der Waals surface area contributed by atoms with Crippen LogP contribution in [-0.4, -0.2) is 24.8 Å². The molecule has 0 saturated heterocycles. The monoisotopic (exact) mass is 235 g/mol. The van der Waals surface area contributed by atoms with E-state index in [2.05, 4.69) is 43.4 Å². The molecule has 2 unspecified atom stereocenters. The molecule has 96 valence electrons. The molecule has 2 heteroatoms. The van der Waals surface area contributed by atoms with Gasteiger partial charge in [-0.15, -0.1) is 0 Å². The van der Waals surface area contributed by atoms with Crippen molar-refractivity contribution < 1.29 is 5.11 Å². The quantitative estimate of drug-likeness (QED) is 0.679. The molecule has 2 N–H and O–H groups in total. The Kier molecular flexibility index (Phi) is 6.90. The van der Waals surface area contributed by atoms with Gasteiger partial charge in [0, 0.05) is 6.61 Å². The zero-order valence-corrected chi connectivity index (χ0v) is 11.0. The second-order valence-electron chi connectivity index (χ2n) is 4.51. The molecule has 1 rings (SSSR count). The fourth-order valence-corrected chi connectivity index (χ4v) is 2.43. The fourth-order valence-electron chi connectivity index (χ4n) is 2.43. The smallest absolute Gasteiger partial charge is 0.0465 e. The number of rotatable bonds is 8. The van der Waals surface area contributed by atoms with Crippen molar-refractivity contribution in [3.63, 3.8) is 0 Å². The molecular formula is C15H25NO. The van der Waals surface area contributed by atoms with Gasteiger partial charge in [-0.05, 0) is 43.3 Å². The van der Waals surface area contributed by atoms with Crippen LogP contribution in [0.15, 0.2) is 30.3 Å². The van der Waals surface area contributed by atoms with E-state index in [9.17, 15) is 5.11 Å². The van der Waals surface area contributed by atoms with Gasteiger partial charge in [0.2, 0.25) is 0 Å². The lowest BCUT2D eigenvalue weighted by Gasteiger charge is -2.25.